The molecule has 2 aliphatic rings. The van der Waals surface area contributed by atoms with E-state index in [9.17, 15) is 9.59 Å². The van der Waals surface area contributed by atoms with E-state index in [1.165, 1.54) is 31.2 Å². The second-order valence-corrected chi connectivity index (χ2v) is 11.1. The number of nitrogens with zero attached hydrogens (tertiary/aromatic N) is 1. The molecule has 2 aromatic carbocycles. The van der Waals surface area contributed by atoms with Crippen LogP contribution in [-0.2, 0) is 17.8 Å². The zero-order valence-electron chi connectivity index (χ0n) is 22.4. The minimum atomic E-state index is -0.118. The SMILES string of the molecule is CN(CCc1ccccc1)Cc1ccc(C(=O)NC2CCCCC2N)cc1NC(=O)CCC1CCCC1. The number of anilines is 1. The van der Waals surface area contributed by atoms with Gasteiger partial charge < -0.3 is 21.3 Å². The number of carbonyl (C=O) groups is 2. The topological polar surface area (TPSA) is 87.5 Å². The second kappa shape index (κ2) is 13.7. The fraction of sp³-hybridized carbons (Fsp3) is 0.548. The van der Waals surface area contributed by atoms with Crippen LogP contribution in [0.3, 0.4) is 0 Å². The maximum absolute atomic E-state index is 13.1. The van der Waals surface area contributed by atoms with Gasteiger partial charge in [-0.05, 0) is 61.9 Å². The van der Waals surface area contributed by atoms with E-state index in [-0.39, 0.29) is 23.9 Å². The largest absolute Gasteiger partial charge is 0.348 e. The number of hydrogen-bond acceptors (Lipinski definition) is 4. The van der Waals surface area contributed by atoms with Gasteiger partial charge in [0.25, 0.3) is 5.91 Å². The fourth-order valence-corrected chi connectivity index (χ4v) is 5.74. The molecule has 2 amide bonds. The molecule has 4 rings (SSSR count). The zero-order chi connectivity index (χ0) is 26.0. The van der Waals surface area contributed by atoms with E-state index in [0.29, 0.717) is 24.4 Å². The predicted octanol–water partition coefficient (Wildman–Crippen LogP) is 5.27. The van der Waals surface area contributed by atoms with Crippen LogP contribution in [0.1, 0.15) is 85.7 Å². The molecule has 0 heterocycles. The molecule has 2 aromatic rings. The highest BCUT2D eigenvalue weighted by molar-refractivity contribution is 5.98. The van der Waals surface area contributed by atoms with Crippen LogP contribution in [0.4, 0.5) is 5.69 Å². The summed E-state index contributed by atoms with van der Waals surface area (Å²) in [6.45, 7) is 1.60. The highest BCUT2D eigenvalue weighted by atomic mass is 16.2. The third-order valence-electron chi connectivity index (χ3n) is 8.10. The maximum atomic E-state index is 13.1. The Labute approximate surface area is 222 Å². The van der Waals surface area contributed by atoms with Gasteiger partial charge in [0.15, 0.2) is 0 Å². The summed E-state index contributed by atoms with van der Waals surface area (Å²) in [5.41, 5.74) is 9.90. The Kier molecular flexibility index (Phi) is 10.1. The molecule has 4 N–H and O–H groups in total. The molecule has 37 heavy (non-hydrogen) atoms. The van der Waals surface area contributed by atoms with Crippen LogP contribution in [0, 0.1) is 5.92 Å². The summed E-state index contributed by atoms with van der Waals surface area (Å²) in [7, 11) is 2.10. The van der Waals surface area contributed by atoms with Crippen molar-refractivity contribution < 1.29 is 9.59 Å². The molecule has 0 spiro atoms. The third kappa shape index (κ3) is 8.41. The molecule has 0 aromatic heterocycles. The molecule has 0 radical (unpaired) electrons. The van der Waals surface area contributed by atoms with Gasteiger partial charge >= 0.3 is 0 Å². The molecule has 0 aliphatic heterocycles. The molecule has 2 atom stereocenters. The Balaban J connectivity index is 1.43. The monoisotopic (exact) mass is 504 g/mol. The van der Waals surface area contributed by atoms with E-state index in [2.05, 4.69) is 46.8 Å². The summed E-state index contributed by atoms with van der Waals surface area (Å²) in [5.74, 6) is 0.589. The summed E-state index contributed by atoms with van der Waals surface area (Å²) in [4.78, 5) is 28.3. The quantitative estimate of drug-likeness (QED) is 0.389. The summed E-state index contributed by atoms with van der Waals surface area (Å²) in [6, 6.07) is 16.2. The lowest BCUT2D eigenvalue weighted by Gasteiger charge is -2.29. The Morgan fingerprint density at radius 3 is 2.46 bits per heavy atom. The normalized spacial score (nSPS) is 20.2. The smallest absolute Gasteiger partial charge is 0.251 e. The first kappa shape index (κ1) is 27.3. The number of benzene rings is 2. The average molecular weight is 505 g/mol. The molecule has 6 nitrogen and oxygen atoms in total. The molecule has 2 fully saturated rings. The van der Waals surface area contributed by atoms with E-state index >= 15 is 0 Å². The van der Waals surface area contributed by atoms with E-state index in [1.807, 2.05) is 24.3 Å². The van der Waals surface area contributed by atoms with Crippen LogP contribution >= 0.6 is 0 Å². The van der Waals surface area contributed by atoms with Gasteiger partial charge in [-0.3, -0.25) is 9.59 Å². The van der Waals surface area contributed by atoms with Gasteiger partial charge in [-0.1, -0.05) is 74.9 Å². The summed E-state index contributed by atoms with van der Waals surface area (Å²) >= 11 is 0. The van der Waals surface area contributed by atoms with Crippen LogP contribution in [0.2, 0.25) is 0 Å². The van der Waals surface area contributed by atoms with Crippen LogP contribution in [0.5, 0.6) is 0 Å². The Morgan fingerprint density at radius 1 is 0.973 bits per heavy atom. The Morgan fingerprint density at radius 2 is 1.70 bits per heavy atom. The van der Waals surface area contributed by atoms with Crippen molar-refractivity contribution in [2.45, 2.75) is 89.3 Å². The first-order valence-electron chi connectivity index (χ1n) is 14.2. The highest BCUT2D eigenvalue weighted by Crippen LogP contribution is 2.29. The predicted molar refractivity (Wildman–Crippen MR) is 150 cm³/mol. The van der Waals surface area contributed by atoms with Gasteiger partial charge in [0.2, 0.25) is 5.91 Å². The number of nitrogens with one attached hydrogen (secondary N) is 2. The summed E-state index contributed by atoms with van der Waals surface area (Å²) < 4.78 is 0. The maximum Gasteiger partial charge on any atom is 0.251 e. The van der Waals surface area contributed by atoms with Gasteiger partial charge in [-0.25, -0.2) is 0 Å². The zero-order valence-corrected chi connectivity index (χ0v) is 22.4. The van der Waals surface area contributed by atoms with Gasteiger partial charge in [0.1, 0.15) is 0 Å². The van der Waals surface area contributed by atoms with Crippen molar-refractivity contribution >= 4 is 17.5 Å². The minimum Gasteiger partial charge on any atom is -0.348 e. The number of carbonyl (C=O) groups excluding carboxylic acids is 2. The highest BCUT2D eigenvalue weighted by Gasteiger charge is 2.24. The number of rotatable bonds is 11. The van der Waals surface area contributed by atoms with Gasteiger partial charge in [-0.15, -0.1) is 0 Å². The van der Waals surface area contributed by atoms with Crippen molar-refractivity contribution in [2.24, 2.45) is 11.7 Å². The molecule has 2 aliphatic carbocycles. The fourth-order valence-electron chi connectivity index (χ4n) is 5.74. The van der Waals surface area contributed by atoms with Gasteiger partial charge in [0, 0.05) is 42.8 Å². The van der Waals surface area contributed by atoms with E-state index < -0.39 is 0 Å². The second-order valence-electron chi connectivity index (χ2n) is 11.1. The van der Waals surface area contributed by atoms with Crippen LogP contribution < -0.4 is 16.4 Å². The molecule has 0 bridgehead atoms. The number of likely N-dealkylation sites (N-methyl/N-ethyl adjacent to an activating group) is 1. The third-order valence-corrected chi connectivity index (χ3v) is 8.10. The van der Waals surface area contributed by atoms with Crippen molar-refractivity contribution in [1.29, 1.82) is 0 Å². The van der Waals surface area contributed by atoms with Gasteiger partial charge in [0.05, 0.1) is 0 Å². The molecule has 0 saturated heterocycles. The Bertz CT molecular complexity index is 1020. The summed E-state index contributed by atoms with van der Waals surface area (Å²) in [5, 5.41) is 6.29. The molecular weight excluding hydrogens is 460 g/mol. The van der Waals surface area contributed by atoms with E-state index in [0.717, 1.165) is 56.3 Å². The standard InChI is InChI=1S/C31H44N4O2/c1-35(20-19-24-9-3-2-4-10-24)22-26-17-16-25(31(37)34-28-14-8-7-13-27(28)32)21-29(26)33-30(36)18-15-23-11-5-6-12-23/h2-4,9-10,16-17,21,23,27-28H,5-8,11-15,18-20,22,32H2,1H3,(H,33,36)(H,34,37). The first-order chi connectivity index (χ1) is 18.0. The lowest BCUT2D eigenvalue weighted by atomic mass is 9.91. The molecular formula is C31H44N4O2. The van der Waals surface area contributed by atoms with Crippen molar-refractivity contribution in [1.82, 2.24) is 10.2 Å². The Hall–Kier alpha value is -2.70. The van der Waals surface area contributed by atoms with Crippen LogP contribution in [0.15, 0.2) is 48.5 Å². The first-order valence-corrected chi connectivity index (χ1v) is 14.2. The number of amides is 2. The van der Waals surface area contributed by atoms with Crippen molar-refractivity contribution in [3.05, 3.63) is 65.2 Å². The molecule has 200 valence electrons. The molecule has 2 unspecified atom stereocenters. The van der Waals surface area contributed by atoms with Gasteiger partial charge in [-0.2, -0.15) is 0 Å². The molecule has 6 heteroatoms. The number of nitrogens with two attached hydrogens (primary N) is 1. The van der Waals surface area contributed by atoms with E-state index in [1.54, 1.807) is 0 Å². The van der Waals surface area contributed by atoms with Crippen molar-refractivity contribution in [3.63, 3.8) is 0 Å². The van der Waals surface area contributed by atoms with E-state index in [4.69, 9.17) is 5.73 Å². The summed E-state index contributed by atoms with van der Waals surface area (Å²) in [6.07, 6.45) is 11.6. The van der Waals surface area contributed by atoms with Crippen LogP contribution in [0.25, 0.3) is 0 Å². The molecule has 2 saturated carbocycles. The lowest BCUT2D eigenvalue weighted by Crippen LogP contribution is -2.49. The van der Waals surface area contributed by atoms with Crippen molar-refractivity contribution in [3.8, 4) is 0 Å². The van der Waals surface area contributed by atoms with Crippen LogP contribution in [-0.4, -0.2) is 42.4 Å². The lowest BCUT2D eigenvalue weighted by molar-refractivity contribution is -0.116. The number of hydrogen-bond donors (Lipinski definition) is 3. The average Bonchev–Trinajstić information content (AvgIpc) is 3.43. The van der Waals surface area contributed by atoms with Crippen molar-refractivity contribution in [2.75, 3.05) is 18.9 Å². The minimum absolute atomic E-state index is 0.00463.